The van der Waals surface area contributed by atoms with Gasteiger partial charge in [0.05, 0.1) is 32.4 Å². The van der Waals surface area contributed by atoms with Crippen molar-refractivity contribution in [3.63, 3.8) is 0 Å². The van der Waals surface area contributed by atoms with E-state index in [1.165, 1.54) is 31.6 Å². The molecule has 40 heavy (non-hydrogen) atoms. The van der Waals surface area contributed by atoms with Crippen molar-refractivity contribution in [2.75, 3.05) is 38.3 Å². The molecule has 16 heteroatoms. The average molecular weight is 592 g/mol. The van der Waals surface area contributed by atoms with Gasteiger partial charge in [0.15, 0.2) is 6.19 Å². The molecule has 3 unspecified atom stereocenters. The van der Waals surface area contributed by atoms with Crippen LogP contribution in [0.1, 0.15) is 18.0 Å². The van der Waals surface area contributed by atoms with Gasteiger partial charge in [0.2, 0.25) is 5.91 Å². The molecule has 0 saturated carbocycles. The maximum atomic E-state index is 14.0. The number of anilines is 1. The van der Waals surface area contributed by atoms with Crippen molar-refractivity contribution in [1.82, 2.24) is 15.2 Å². The highest BCUT2D eigenvalue weighted by Gasteiger charge is 2.65. The number of carbonyl (C=O) groups is 2. The Balaban J connectivity index is 1.81. The number of hydrogen-bond donors (Lipinski definition) is 2. The number of likely N-dealkylation sites (tertiary alicyclic amines) is 1. The van der Waals surface area contributed by atoms with Gasteiger partial charge in [0, 0.05) is 37.2 Å². The fourth-order valence-electron chi connectivity index (χ4n) is 4.48. The molecule has 2 aliphatic heterocycles. The molecule has 0 spiro atoms. The first-order valence-electron chi connectivity index (χ1n) is 11.9. The highest BCUT2D eigenvalue weighted by atomic mass is 32.5. The smallest absolute Gasteiger partial charge is 0.310 e. The summed E-state index contributed by atoms with van der Waals surface area (Å²) in [7, 11) is -8.66. The van der Waals surface area contributed by atoms with E-state index in [1.807, 2.05) is 6.19 Å². The monoisotopic (exact) mass is 591 g/mol. The molecule has 0 bridgehead atoms. The molecular formula is C24H26F5N5O5S. The Kier molecular flexibility index (Phi) is 7.25. The van der Waals surface area contributed by atoms with Crippen LogP contribution in [0.4, 0.5) is 25.1 Å². The number of aromatic nitrogens is 1. The van der Waals surface area contributed by atoms with E-state index < -0.39 is 50.7 Å². The number of nitrogens with zero attached hydrogens (tertiary/aromatic N) is 4. The quantitative estimate of drug-likeness (QED) is 0.336. The van der Waals surface area contributed by atoms with Crippen molar-refractivity contribution in [3.8, 4) is 6.19 Å². The van der Waals surface area contributed by atoms with E-state index in [2.05, 4.69) is 10.3 Å². The van der Waals surface area contributed by atoms with Gasteiger partial charge in [-0.3, -0.25) is 24.4 Å². The number of nitrogens with one attached hydrogen (secondary N) is 1. The van der Waals surface area contributed by atoms with Crippen LogP contribution in [0.25, 0.3) is 0 Å². The Bertz CT molecular complexity index is 1310. The first-order valence-corrected chi connectivity index (χ1v) is 13.8. The van der Waals surface area contributed by atoms with Crippen LogP contribution in [-0.4, -0.2) is 78.0 Å². The molecule has 10 nitrogen and oxygen atoms in total. The fourth-order valence-corrected chi connectivity index (χ4v) is 5.13. The van der Waals surface area contributed by atoms with Crippen LogP contribution >= 0.6 is 10.2 Å². The number of benzene rings is 1. The topological polar surface area (TPSA) is 128 Å². The first-order chi connectivity index (χ1) is 18.5. The van der Waals surface area contributed by atoms with Gasteiger partial charge in [-0.05, 0) is 30.3 Å². The molecule has 4 rings (SSSR count). The Labute approximate surface area is 226 Å². The number of carbonyl (C=O) groups excluding carboxylic acids is 2. The van der Waals surface area contributed by atoms with E-state index in [0.29, 0.717) is 12.1 Å². The van der Waals surface area contributed by atoms with Crippen LogP contribution in [0.5, 0.6) is 0 Å². The molecule has 3 heterocycles. The van der Waals surface area contributed by atoms with Crippen molar-refractivity contribution >= 4 is 27.7 Å². The van der Waals surface area contributed by atoms with Gasteiger partial charge in [-0.15, -0.1) is 0 Å². The molecular weight excluding hydrogens is 565 g/mol. The van der Waals surface area contributed by atoms with Crippen molar-refractivity contribution < 1.29 is 43.6 Å². The standard InChI is InChI=1S/C24H26F5N5O5S/c1-38-18-9-20(33(11-18)15-30)23(36)34(17-4-6-19(7-5-17)40(25,26,27,28)29)21(16-3-2-8-31-10-16)22(35)32-12-24(37)13-39-14-24/h2-8,10,18,20-21,37H,9,11-14H2,1H3,(H,32,35). The van der Waals surface area contributed by atoms with Gasteiger partial charge in [-0.1, -0.05) is 25.5 Å². The number of rotatable bonds is 9. The summed E-state index contributed by atoms with van der Waals surface area (Å²) in [4.78, 5) is 31.3. The molecule has 0 radical (unpaired) electrons. The SMILES string of the molecule is COC1CC(C(=O)N(c2ccc(S(F)(F)(F)(F)F)cc2)C(C(=O)NCC2(O)COC2)c2cccnc2)N(C#N)C1. The zero-order valence-corrected chi connectivity index (χ0v) is 21.9. The van der Waals surface area contributed by atoms with Gasteiger partial charge in [-0.25, -0.2) is 0 Å². The molecule has 2 aliphatic rings. The van der Waals surface area contributed by atoms with Crippen molar-refractivity contribution in [3.05, 3.63) is 54.4 Å². The highest BCUT2D eigenvalue weighted by molar-refractivity contribution is 8.45. The predicted molar refractivity (Wildman–Crippen MR) is 133 cm³/mol. The minimum Gasteiger partial charge on any atom is -0.383 e. The van der Waals surface area contributed by atoms with Crippen LogP contribution in [0.3, 0.4) is 0 Å². The normalized spacial score (nSPS) is 22.7. The van der Waals surface area contributed by atoms with Crippen LogP contribution in [0, 0.1) is 11.5 Å². The summed E-state index contributed by atoms with van der Waals surface area (Å²) in [5, 5.41) is 22.5. The van der Waals surface area contributed by atoms with Crippen molar-refractivity contribution in [1.29, 1.82) is 5.26 Å². The van der Waals surface area contributed by atoms with Gasteiger partial charge in [0.25, 0.3) is 5.91 Å². The Morgan fingerprint density at radius 1 is 1.27 bits per heavy atom. The van der Waals surface area contributed by atoms with Crippen LogP contribution in [0.2, 0.25) is 0 Å². The second-order valence-electron chi connectivity index (χ2n) is 9.66. The molecule has 2 amide bonds. The molecule has 2 saturated heterocycles. The van der Waals surface area contributed by atoms with Gasteiger partial charge < -0.3 is 19.9 Å². The van der Waals surface area contributed by atoms with E-state index in [-0.39, 0.29) is 56.1 Å². The lowest BCUT2D eigenvalue weighted by Crippen LogP contribution is -2.58. The van der Waals surface area contributed by atoms with Crippen molar-refractivity contribution in [2.45, 2.75) is 35.1 Å². The number of aliphatic hydroxyl groups is 1. The second-order valence-corrected chi connectivity index (χ2v) is 12.1. The summed E-state index contributed by atoms with van der Waals surface area (Å²) in [5.74, 6) is -1.71. The van der Waals surface area contributed by atoms with E-state index >= 15 is 0 Å². The third-order valence-corrected chi connectivity index (χ3v) is 7.81. The summed E-state index contributed by atoms with van der Waals surface area (Å²) >= 11 is 0. The third-order valence-electron chi connectivity index (χ3n) is 6.65. The van der Waals surface area contributed by atoms with E-state index in [4.69, 9.17) is 9.47 Å². The molecule has 2 N–H and O–H groups in total. The Morgan fingerprint density at radius 2 is 1.95 bits per heavy atom. The lowest BCUT2D eigenvalue weighted by Gasteiger charge is -2.41. The van der Waals surface area contributed by atoms with Gasteiger partial charge in [-0.2, -0.15) is 5.26 Å². The number of methoxy groups -OCH3 is 1. The number of hydrogen-bond acceptors (Lipinski definition) is 8. The summed E-state index contributed by atoms with van der Waals surface area (Å²) in [6, 6.07) is 1.75. The zero-order valence-electron chi connectivity index (χ0n) is 21.1. The van der Waals surface area contributed by atoms with E-state index in [9.17, 15) is 39.4 Å². The maximum Gasteiger partial charge on any atom is 0.310 e. The third kappa shape index (κ3) is 6.28. The second kappa shape index (κ2) is 9.84. The highest BCUT2D eigenvalue weighted by Crippen LogP contribution is 3.02. The number of halogens is 5. The summed E-state index contributed by atoms with van der Waals surface area (Å²) < 4.78 is 77.4. The molecule has 2 fully saturated rings. The molecule has 218 valence electrons. The minimum absolute atomic E-state index is 0.0153. The average Bonchev–Trinajstić information content (AvgIpc) is 3.32. The Hall–Kier alpha value is -3.52. The van der Waals surface area contributed by atoms with E-state index in [0.717, 1.165) is 9.80 Å². The zero-order chi connectivity index (χ0) is 29.4. The first kappa shape index (κ1) is 29.5. The number of nitriles is 1. The molecule has 1 aromatic heterocycles. The lowest BCUT2D eigenvalue weighted by atomic mass is 10.0. The van der Waals surface area contributed by atoms with E-state index in [1.54, 1.807) is 0 Å². The number of amides is 2. The Morgan fingerprint density at radius 3 is 2.45 bits per heavy atom. The largest absolute Gasteiger partial charge is 0.383 e. The molecule has 0 aliphatic carbocycles. The summed E-state index contributed by atoms with van der Waals surface area (Å²) in [6.07, 6.45) is 4.00. The van der Waals surface area contributed by atoms with Crippen LogP contribution < -0.4 is 10.2 Å². The molecule has 2 aromatic rings. The summed E-state index contributed by atoms with van der Waals surface area (Å²) in [5.41, 5.74) is -1.54. The van der Waals surface area contributed by atoms with Crippen LogP contribution in [-0.2, 0) is 19.1 Å². The molecule has 1 aromatic carbocycles. The fraction of sp³-hybridized carbons (Fsp3) is 0.417. The number of ether oxygens (including phenoxy) is 2. The van der Waals surface area contributed by atoms with Crippen molar-refractivity contribution in [2.24, 2.45) is 0 Å². The van der Waals surface area contributed by atoms with Crippen LogP contribution in [0.15, 0.2) is 53.7 Å². The van der Waals surface area contributed by atoms with Gasteiger partial charge in [0.1, 0.15) is 22.6 Å². The predicted octanol–water partition coefficient (Wildman–Crippen LogP) is 3.26. The maximum absolute atomic E-state index is 14.0. The lowest BCUT2D eigenvalue weighted by molar-refractivity contribution is -0.176. The summed E-state index contributed by atoms with van der Waals surface area (Å²) in [6.45, 7) is -0.341. The molecule has 3 atom stereocenters. The minimum atomic E-state index is -10.0. The van der Waals surface area contributed by atoms with Gasteiger partial charge >= 0.3 is 10.2 Å². The number of pyridine rings is 1.